The van der Waals surface area contributed by atoms with Gasteiger partial charge in [0.05, 0.1) is 11.3 Å². The normalized spacial score (nSPS) is 19.8. The van der Waals surface area contributed by atoms with Crippen molar-refractivity contribution in [3.05, 3.63) is 66.0 Å². The molecule has 0 aliphatic carbocycles. The van der Waals surface area contributed by atoms with E-state index < -0.39 is 6.04 Å². The molecule has 0 unspecified atom stereocenters. The number of nitrogens with zero attached hydrogens (tertiary/aromatic N) is 4. The molecule has 0 saturated carbocycles. The molecule has 4 rings (SSSR count). The van der Waals surface area contributed by atoms with Crippen LogP contribution >= 0.6 is 0 Å². The molecule has 30 heavy (non-hydrogen) atoms. The molecule has 1 aliphatic heterocycles. The van der Waals surface area contributed by atoms with Crippen LogP contribution in [0.3, 0.4) is 0 Å². The molecule has 7 nitrogen and oxygen atoms in total. The summed E-state index contributed by atoms with van der Waals surface area (Å²) >= 11 is 0. The minimum absolute atomic E-state index is 0.0293. The second-order valence-corrected chi connectivity index (χ2v) is 7.84. The number of fused-ring (bicyclic) bond motifs is 1. The summed E-state index contributed by atoms with van der Waals surface area (Å²) in [6.07, 6.45) is 4.11. The monoisotopic (exact) mass is 400 g/mol. The van der Waals surface area contributed by atoms with E-state index >= 15 is 0 Å². The number of nitriles is 1. The fraction of sp³-hybridized carbons (Fsp3) is 0.304. The Morgan fingerprint density at radius 2 is 1.90 bits per heavy atom. The number of nitrogens with one attached hydrogen (secondary N) is 1. The lowest BCUT2D eigenvalue weighted by molar-refractivity contribution is -0.123. The summed E-state index contributed by atoms with van der Waals surface area (Å²) in [5.41, 5.74) is 9.70. The quantitative estimate of drug-likeness (QED) is 0.697. The molecule has 1 aromatic heterocycles. The molecule has 3 atom stereocenters. The van der Waals surface area contributed by atoms with Crippen molar-refractivity contribution in [2.75, 3.05) is 18.0 Å². The molecule has 1 amide bonds. The Balaban J connectivity index is 1.55. The number of rotatable bonds is 4. The van der Waals surface area contributed by atoms with Crippen molar-refractivity contribution in [2.24, 2.45) is 11.7 Å². The molecule has 7 heteroatoms. The number of nitrogens with two attached hydrogens (primary N) is 1. The van der Waals surface area contributed by atoms with E-state index in [0.29, 0.717) is 29.1 Å². The fourth-order valence-corrected chi connectivity index (χ4v) is 4.14. The third-order valence-corrected chi connectivity index (χ3v) is 5.51. The van der Waals surface area contributed by atoms with Gasteiger partial charge < -0.3 is 16.0 Å². The number of amides is 1. The lowest BCUT2D eigenvalue weighted by atomic mass is 9.94. The largest absolute Gasteiger partial charge is 0.367 e. The van der Waals surface area contributed by atoms with Crippen LogP contribution in [0.4, 0.5) is 5.69 Å². The van der Waals surface area contributed by atoms with Crippen molar-refractivity contribution in [1.29, 1.82) is 5.26 Å². The molecule has 0 spiro atoms. The van der Waals surface area contributed by atoms with Crippen molar-refractivity contribution in [3.63, 3.8) is 0 Å². The van der Waals surface area contributed by atoms with E-state index in [4.69, 9.17) is 5.73 Å². The molecule has 3 aromatic rings. The minimum Gasteiger partial charge on any atom is -0.367 e. The fourth-order valence-electron chi connectivity index (χ4n) is 4.14. The first-order valence-corrected chi connectivity index (χ1v) is 10.1. The van der Waals surface area contributed by atoms with Crippen LogP contribution < -0.4 is 16.0 Å². The molecule has 1 fully saturated rings. The molecule has 3 N–H and O–H groups in total. The first-order valence-electron chi connectivity index (χ1n) is 10.1. The summed E-state index contributed by atoms with van der Waals surface area (Å²) in [5.74, 6) is 0.198. The summed E-state index contributed by atoms with van der Waals surface area (Å²) < 4.78 is 0. The number of aromatic nitrogens is 2. The molecule has 1 saturated heterocycles. The average Bonchev–Trinajstić information content (AvgIpc) is 2.78. The highest BCUT2D eigenvalue weighted by Crippen LogP contribution is 2.30. The van der Waals surface area contributed by atoms with E-state index in [1.54, 1.807) is 18.5 Å². The topological polar surface area (TPSA) is 108 Å². The predicted molar refractivity (Wildman–Crippen MR) is 116 cm³/mol. The molecule has 0 radical (unpaired) electrons. The van der Waals surface area contributed by atoms with Crippen molar-refractivity contribution in [3.8, 4) is 6.07 Å². The third kappa shape index (κ3) is 3.95. The zero-order valence-corrected chi connectivity index (χ0v) is 16.8. The molecule has 0 bridgehead atoms. The summed E-state index contributed by atoms with van der Waals surface area (Å²) in [7, 11) is 0. The van der Waals surface area contributed by atoms with Gasteiger partial charge in [0.2, 0.25) is 5.91 Å². The molecule has 152 valence electrons. The molecular weight excluding hydrogens is 376 g/mol. The molecular formula is C23H24N6O. The van der Waals surface area contributed by atoms with Gasteiger partial charge in [-0.1, -0.05) is 37.3 Å². The maximum Gasteiger partial charge on any atom is 0.241 e. The highest BCUT2D eigenvalue weighted by atomic mass is 16.2. The van der Waals surface area contributed by atoms with Gasteiger partial charge in [-0.25, -0.2) is 0 Å². The Morgan fingerprint density at radius 3 is 2.63 bits per heavy atom. The van der Waals surface area contributed by atoms with Crippen molar-refractivity contribution >= 4 is 22.6 Å². The van der Waals surface area contributed by atoms with Crippen molar-refractivity contribution in [2.45, 2.75) is 25.4 Å². The van der Waals surface area contributed by atoms with Gasteiger partial charge in [-0.3, -0.25) is 14.8 Å². The predicted octanol–water partition coefficient (Wildman–Crippen LogP) is 2.53. The number of benzene rings is 2. The average molecular weight is 400 g/mol. The Labute approximate surface area is 175 Å². The van der Waals surface area contributed by atoms with Gasteiger partial charge in [0, 0.05) is 31.5 Å². The Hall–Kier alpha value is -3.50. The number of carbonyl (C=O) groups is 1. The van der Waals surface area contributed by atoms with E-state index in [2.05, 4.69) is 33.2 Å². The van der Waals surface area contributed by atoms with E-state index in [1.807, 2.05) is 36.4 Å². The van der Waals surface area contributed by atoms with Crippen LogP contribution in [0, 0.1) is 17.2 Å². The summed E-state index contributed by atoms with van der Waals surface area (Å²) in [4.78, 5) is 23.8. The van der Waals surface area contributed by atoms with Crippen LogP contribution in [0.5, 0.6) is 0 Å². The second kappa shape index (κ2) is 8.47. The van der Waals surface area contributed by atoms with Gasteiger partial charge in [-0.2, -0.15) is 5.26 Å². The van der Waals surface area contributed by atoms with Crippen LogP contribution in [0.2, 0.25) is 0 Å². The van der Waals surface area contributed by atoms with Crippen LogP contribution in [0.1, 0.15) is 30.5 Å². The van der Waals surface area contributed by atoms with Gasteiger partial charge in [0.25, 0.3) is 0 Å². The van der Waals surface area contributed by atoms with E-state index in [-0.39, 0.29) is 11.9 Å². The SMILES string of the molecule is C[C@H]1C[C@@H](NC(=O)[C@@H](N)c2ccccc2)CN(c2ccc(C#N)c3nccnc23)C1. The lowest BCUT2D eigenvalue weighted by Gasteiger charge is -2.38. The van der Waals surface area contributed by atoms with Gasteiger partial charge in [-0.15, -0.1) is 0 Å². The zero-order chi connectivity index (χ0) is 21.1. The van der Waals surface area contributed by atoms with Crippen LogP contribution in [0.25, 0.3) is 11.0 Å². The van der Waals surface area contributed by atoms with Crippen LogP contribution in [-0.4, -0.2) is 35.0 Å². The van der Waals surface area contributed by atoms with Gasteiger partial charge in [-0.05, 0) is 30.0 Å². The van der Waals surface area contributed by atoms with Crippen LogP contribution in [-0.2, 0) is 4.79 Å². The summed E-state index contributed by atoms with van der Waals surface area (Å²) in [6, 6.07) is 14.5. The van der Waals surface area contributed by atoms with Crippen LogP contribution in [0.15, 0.2) is 54.9 Å². The van der Waals surface area contributed by atoms with Gasteiger partial charge in [0.1, 0.15) is 23.1 Å². The first kappa shape index (κ1) is 19.8. The minimum atomic E-state index is -0.696. The highest BCUT2D eigenvalue weighted by molar-refractivity contribution is 5.92. The Bertz CT molecular complexity index is 1090. The maximum atomic E-state index is 12.7. The van der Waals surface area contributed by atoms with E-state index in [1.165, 1.54) is 0 Å². The van der Waals surface area contributed by atoms with E-state index in [9.17, 15) is 10.1 Å². The van der Waals surface area contributed by atoms with Gasteiger partial charge >= 0.3 is 0 Å². The van der Waals surface area contributed by atoms with Gasteiger partial charge in [0.15, 0.2) is 0 Å². The molecule has 2 aromatic carbocycles. The summed E-state index contributed by atoms with van der Waals surface area (Å²) in [6.45, 7) is 3.66. The molecule has 2 heterocycles. The van der Waals surface area contributed by atoms with Crippen molar-refractivity contribution < 1.29 is 4.79 Å². The number of hydrogen-bond donors (Lipinski definition) is 2. The summed E-state index contributed by atoms with van der Waals surface area (Å²) in [5, 5.41) is 12.5. The maximum absolute atomic E-state index is 12.7. The first-order chi connectivity index (χ1) is 14.6. The zero-order valence-electron chi connectivity index (χ0n) is 16.8. The third-order valence-electron chi connectivity index (χ3n) is 5.51. The smallest absolute Gasteiger partial charge is 0.241 e. The highest BCUT2D eigenvalue weighted by Gasteiger charge is 2.29. The standard InChI is InChI=1S/C23H24N6O/c1-15-11-18(28-23(30)20(25)16-5-3-2-4-6-16)14-29(13-15)19-8-7-17(12-24)21-22(19)27-10-9-26-21/h2-10,15,18,20H,11,13-14,25H2,1H3,(H,28,30)/t15-,18+,20-/m0/s1. The van der Waals surface area contributed by atoms with Crippen molar-refractivity contribution in [1.82, 2.24) is 15.3 Å². The second-order valence-electron chi connectivity index (χ2n) is 7.84. The van der Waals surface area contributed by atoms with E-state index in [0.717, 1.165) is 24.2 Å². The Kier molecular flexibility index (Phi) is 5.59. The molecule has 1 aliphatic rings. The lowest BCUT2D eigenvalue weighted by Crippen LogP contribution is -2.52. The number of carbonyl (C=O) groups excluding carboxylic acids is 1. The number of anilines is 1. The number of piperidine rings is 1. The Morgan fingerprint density at radius 1 is 1.17 bits per heavy atom. The number of hydrogen-bond acceptors (Lipinski definition) is 6.